The van der Waals surface area contributed by atoms with Crippen molar-refractivity contribution in [1.82, 2.24) is 4.90 Å². The van der Waals surface area contributed by atoms with Crippen molar-refractivity contribution in [3.8, 4) is 0 Å². The van der Waals surface area contributed by atoms with Gasteiger partial charge in [-0.25, -0.2) is 4.39 Å². The monoisotopic (exact) mass is 306 g/mol. The Bertz CT molecular complexity index is 646. The van der Waals surface area contributed by atoms with E-state index in [-0.39, 0.29) is 24.7 Å². The third kappa shape index (κ3) is 2.79. The highest BCUT2D eigenvalue weighted by Crippen LogP contribution is 2.23. The predicted octanol–water partition coefficient (Wildman–Crippen LogP) is 1.25. The lowest BCUT2D eigenvalue weighted by Gasteiger charge is -2.18. The lowest BCUT2D eigenvalue weighted by atomic mass is 10.0. The normalized spacial score (nSPS) is 24.0. The molecule has 2 aliphatic rings. The van der Waals surface area contributed by atoms with Crippen LogP contribution in [0.25, 0.3) is 0 Å². The Balaban J connectivity index is 1.62. The second-order valence-electron chi connectivity index (χ2n) is 5.45. The number of rotatable bonds is 3. The molecular formula is C15H15FN2O4. The smallest absolute Gasteiger partial charge is 0.308 e. The average molecular weight is 306 g/mol. The molecule has 0 aliphatic carbocycles. The van der Waals surface area contributed by atoms with Gasteiger partial charge in [0.05, 0.1) is 11.6 Å². The summed E-state index contributed by atoms with van der Waals surface area (Å²) >= 11 is 0. The highest BCUT2D eigenvalue weighted by atomic mass is 19.1. The minimum Gasteiger partial charge on any atom is -0.481 e. The van der Waals surface area contributed by atoms with Gasteiger partial charge in [-0.15, -0.1) is 0 Å². The molecule has 116 valence electrons. The van der Waals surface area contributed by atoms with Crippen LogP contribution in [0.15, 0.2) is 29.4 Å². The SMILES string of the molecule is O=C(O)C1CCN(C(=O)C2CC(c3cccc(F)c3)=NO2)C1. The largest absolute Gasteiger partial charge is 0.481 e. The first-order chi connectivity index (χ1) is 10.5. The van der Waals surface area contributed by atoms with Crippen molar-refractivity contribution in [2.24, 2.45) is 11.1 Å². The molecule has 1 fully saturated rings. The summed E-state index contributed by atoms with van der Waals surface area (Å²) in [5.41, 5.74) is 1.10. The van der Waals surface area contributed by atoms with Crippen LogP contribution in [0, 0.1) is 11.7 Å². The number of carbonyl (C=O) groups is 2. The summed E-state index contributed by atoms with van der Waals surface area (Å²) in [5.74, 6) is -2.05. The summed E-state index contributed by atoms with van der Waals surface area (Å²) < 4.78 is 13.2. The lowest BCUT2D eigenvalue weighted by Crippen LogP contribution is -2.38. The van der Waals surface area contributed by atoms with Crippen LogP contribution in [-0.2, 0) is 14.4 Å². The van der Waals surface area contributed by atoms with Gasteiger partial charge < -0.3 is 14.8 Å². The van der Waals surface area contributed by atoms with Crippen LogP contribution in [0.5, 0.6) is 0 Å². The maximum Gasteiger partial charge on any atom is 0.308 e. The maximum absolute atomic E-state index is 13.2. The van der Waals surface area contributed by atoms with Crippen molar-refractivity contribution in [2.45, 2.75) is 18.9 Å². The van der Waals surface area contributed by atoms with Crippen LogP contribution in [0.3, 0.4) is 0 Å². The first-order valence-electron chi connectivity index (χ1n) is 7.05. The van der Waals surface area contributed by atoms with Crippen molar-refractivity contribution in [1.29, 1.82) is 0 Å². The van der Waals surface area contributed by atoms with Gasteiger partial charge in [0.25, 0.3) is 5.91 Å². The van der Waals surface area contributed by atoms with E-state index in [1.165, 1.54) is 17.0 Å². The number of benzene rings is 1. The third-order valence-corrected chi connectivity index (χ3v) is 3.95. The van der Waals surface area contributed by atoms with E-state index in [1.807, 2.05) is 0 Å². The molecule has 3 rings (SSSR count). The number of aliphatic carboxylic acids is 1. The summed E-state index contributed by atoms with van der Waals surface area (Å²) in [6.45, 7) is 0.605. The molecule has 1 N–H and O–H groups in total. The third-order valence-electron chi connectivity index (χ3n) is 3.95. The first kappa shape index (κ1) is 14.5. The van der Waals surface area contributed by atoms with E-state index in [0.29, 0.717) is 24.2 Å². The summed E-state index contributed by atoms with van der Waals surface area (Å²) in [6.07, 6.45) is -0.0483. The second-order valence-corrected chi connectivity index (χ2v) is 5.45. The Morgan fingerprint density at radius 1 is 1.41 bits per heavy atom. The highest BCUT2D eigenvalue weighted by Gasteiger charge is 2.37. The van der Waals surface area contributed by atoms with E-state index in [4.69, 9.17) is 9.94 Å². The fourth-order valence-corrected chi connectivity index (χ4v) is 2.71. The van der Waals surface area contributed by atoms with Gasteiger partial charge in [0.2, 0.25) is 6.10 Å². The van der Waals surface area contributed by atoms with Gasteiger partial charge in [-0.3, -0.25) is 9.59 Å². The zero-order chi connectivity index (χ0) is 15.7. The number of amides is 1. The Morgan fingerprint density at radius 2 is 2.23 bits per heavy atom. The van der Waals surface area contributed by atoms with Crippen molar-refractivity contribution in [3.63, 3.8) is 0 Å². The number of nitrogens with zero attached hydrogens (tertiary/aromatic N) is 2. The van der Waals surface area contributed by atoms with Crippen molar-refractivity contribution >= 4 is 17.6 Å². The van der Waals surface area contributed by atoms with Crippen LogP contribution in [0.2, 0.25) is 0 Å². The van der Waals surface area contributed by atoms with Gasteiger partial charge in [-0.05, 0) is 18.6 Å². The molecule has 1 amide bonds. The standard InChI is InChI=1S/C15H15FN2O4/c16-11-3-1-2-9(6-11)12-7-13(22-17-12)14(19)18-5-4-10(8-18)15(20)21/h1-3,6,10,13H,4-5,7-8H2,(H,20,21). The fraction of sp³-hybridized carbons (Fsp3) is 0.400. The Kier molecular flexibility index (Phi) is 3.79. The summed E-state index contributed by atoms with van der Waals surface area (Å²) in [5, 5.41) is 12.8. The van der Waals surface area contributed by atoms with E-state index in [0.717, 1.165) is 0 Å². The fourth-order valence-electron chi connectivity index (χ4n) is 2.71. The van der Waals surface area contributed by atoms with Gasteiger partial charge >= 0.3 is 5.97 Å². The van der Waals surface area contributed by atoms with E-state index < -0.39 is 18.0 Å². The summed E-state index contributed by atoms with van der Waals surface area (Å²) in [7, 11) is 0. The molecule has 7 heteroatoms. The molecule has 2 unspecified atom stereocenters. The van der Waals surface area contributed by atoms with Crippen LogP contribution in [0.4, 0.5) is 4.39 Å². The average Bonchev–Trinajstić information content (AvgIpc) is 3.16. The molecule has 2 atom stereocenters. The number of carboxylic acid groups (broad SMARTS) is 1. The van der Waals surface area contributed by atoms with Gasteiger partial charge in [-0.1, -0.05) is 17.3 Å². The van der Waals surface area contributed by atoms with Crippen molar-refractivity contribution in [2.75, 3.05) is 13.1 Å². The Hall–Kier alpha value is -2.44. The maximum atomic E-state index is 13.2. The van der Waals surface area contributed by atoms with Gasteiger partial charge in [0.15, 0.2) is 0 Å². The minimum absolute atomic E-state index is 0.198. The molecule has 0 aromatic heterocycles. The zero-order valence-corrected chi connectivity index (χ0v) is 11.7. The van der Waals surface area contributed by atoms with E-state index in [2.05, 4.69) is 5.16 Å². The second kappa shape index (κ2) is 5.75. The van der Waals surface area contributed by atoms with Gasteiger partial charge in [0.1, 0.15) is 5.82 Å². The molecule has 0 radical (unpaired) electrons. The number of carboxylic acids is 1. The zero-order valence-electron chi connectivity index (χ0n) is 11.7. The topological polar surface area (TPSA) is 79.2 Å². The number of hydrogen-bond acceptors (Lipinski definition) is 4. The highest BCUT2D eigenvalue weighted by molar-refractivity contribution is 6.04. The summed E-state index contributed by atoms with van der Waals surface area (Å²) in [4.78, 5) is 29.9. The van der Waals surface area contributed by atoms with Crippen LogP contribution in [0.1, 0.15) is 18.4 Å². The molecular weight excluding hydrogens is 291 g/mol. The number of likely N-dealkylation sites (tertiary alicyclic amines) is 1. The molecule has 0 saturated carbocycles. The Labute approximate surface area is 126 Å². The molecule has 22 heavy (non-hydrogen) atoms. The molecule has 2 heterocycles. The number of oxime groups is 1. The van der Waals surface area contributed by atoms with Crippen molar-refractivity contribution in [3.05, 3.63) is 35.6 Å². The molecule has 1 aromatic rings. The quantitative estimate of drug-likeness (QED) is 0.911. The van der Waals surface area contributed by atoms with E-state index in [1.54, 1.807) is 12.1 Å². The Morgan fingerprint density at radius 3 is 2.91 bits per heavy atom. The van der Waals surface area contributed by atoms with E-state index >= 15 is 0 Å². The number of halogens is 1. The van der Waals surface area contributed by atoms with Crippen LogP contribution < -0.4 is 0 Å². The van der Waals surface area contributed by atoms with Crippen LogP contribution >= 0.6 is 0 Å². The van der Waals surface area contributed by atoms with Crippen LogP contribution in [-0.4, -0.2) is 46.8 Å². The minimum atomic E-state index is -0.889. The lowest BCUT2D eigenvalue weighted by molar-refractivity contribution is -0.143. The molecule has 1 saturated heterocycles. The molecule has 1 aromatic carbocycles. The summed E-state index contributed by atoms with van der Waals surface area (Å²) in [6, 6.07) is 5.94. The molecule has 6 nitrogen and oxygen atoms in total. The number of hydrogen-bond donors (Lipinski definition) is 1. The van der Waals surface area contributed by atoms with Gasteiger partial charge in [0, 0.05) is 25.1 Å². The molecule has 0 spiro atoms. The first-order valence-corrected chi connectivity index (χ1v) is 7.05. The number of carbonyl (C=O) groups excluding carboxylic acids is 1. The van der Waals surface area contributed by atoms with Crippen molar-refractivity contribution < 1.29 is 23.9 Å². The van der Waals surface area contributed by atoms with Gasteiger partial charge in [-0.2, -0.15) is 0 Å². The predicted molar refractivity (Wildman–Crippen MR) is 74.7 cm³/mol. The molecule has 2 aliphatic heterocycles. The molecule has 0 bridgehead atoms. The van der Waals surface area contributed by atoms with E-state index in [9.17, 15) is 14.0 Å².